The molecule has 2 unspecified atom stereocenters. The maximum Gasteiger partial charge on any atom is 0.315 e. The number of hydrogen-bond donors (Lipinski definition) is 1. The quantitative estimate of drug-likeness (QED) is 0.799. The van der Waals surface area contributed by atoms with Crippen LogP contribution in [0.1, 0.15) is 45.1 Å². The van der Waals surface area contributed by atoms with Crippen molar-refractivity contribution in [3.8, 4) is 0 Å². The van der Waals surface area contributed by atoms with Crippen LogP contribution in [0.2, 0.25) is 5.02 Å². The highest BCUT2D eigenvalue weighted by Crippen LogP contribution is 2.49. The van der Waals surface area contributed by atoms with Crippen molar-refractivity contribution >= 4 is 23.4 Å². The van der Waals surface area contributed by atoms with Crippen LogP contribution in [0.3, 0.4) is 0 Å². The Labute approximate surface area is 159 Å². The van der Waals surface area contributed by atoms with E-state index >= 15 is 0 Å². The Morgan fingerprint density at radius 3 is 2.69 bits per heavy atom. The van der Waals surface area contributed by atoms with Crippen LogP contribution in [-0.4, -0.2) is 18.4 Å². The Hall–Kier alpha value is -2.07. The van der Waals surface area contributed by atoms with E-state index in [4.69, 9.17) is 16.3 Å². The molecule has 26 heavy (non-hydrogen) atoms. The highest BCUT2D eigenvalue weighted by molar-refractivity contribution is 6.31. The molecule has 1 aliphatic heterocycles. The number of hydrogen-bond acceptors (Lipinski definition) is 4. The molecule has 2 atom stereocenters. The van der Waals surface area contributed by atoms with E-state index in [1.54, 1.807) is 13.0 Å². The second-order valence-electron chi connectivity index (χ2n) is 7.71. The Bertz CT molecular complexity index is 809. The SMILES string of the molecule is C=C1NC2=C(C(=O)CC(C)(C)C2)C(c2ccccc2Cl)C1C(=O)OCC. The van der Waals surface area contributed by atoms with Gasteiger partial charge in [0.1, 0.15) is 5.92 Å². The molecule has 0 bridgehead atoms. The summed E-state index contributed by atoms with van der Waals surface area (Å²) in [5, 5.41) is 3.77. The molecule has 1 aromatic rings. The molecule has 5 heteroatoms. The number of nitrogens with one attached hydrogen (secondary N) is 1. The summed E-state index contributed by atoms with van der Waals surface area (Å²) in [6.07, 6.45) is 1.17. The molecule has 1 aliphatic carbocycles. The number of carbonyl (C=O) groups is 2. The molecule has 0 fully saturated rings. The molecular weight excluding hydrogens is 350 g/mol. The molecule has 0 saturated heterocycles. The Morgan fingerprint density at radius 2 is 2.04 bits per heavy atom. The molecule has 1 aromatic carbocycles. The van der Waals surface area contributed by atoms with Crippen LogP contribution in [0.4, 0.5) is 0 Å². The summed E-state index contributed by atoms with van der Waals surface area (Å²) in [6.45, 7) is 10.2. The number of ketones is 1. The second kappa shape index (κ2) is 6.92. The van der Waals surface area contributed by atoms with Gasteiger partial charge in [0.05, 0.1) is 6.61 Å². The van der Waals surface area contributed by atoms with E-state index in [2.05, 4.69) is 25.7 Å². The topological polar surface area (TPSA) is 55.4 Å². The maximum absolute atomic E-state index is 13.0. The smallest absolute Gasteiger partial charge is 0.315 e. The summed E-state index contributed by atoms with van der Waals surface area (Å²) >= 11 is 6.45. The number of benzene rings is 1. The third kappa shape index (κ3) is 3.30. The summed E-state index contributed by atoms with van der Waals surface area (Å²) in [4.78, 5) is 25.8. The van der Waals surface area contributed by atoms with Crippen LogP contribution in [0, 0.1) is 11.3 Å². The monoisotopic (exact) mass is 373 g/mol. The predicted octanol–water partition coefficient (Wildman–Crippen LogP) is 4.36. The molecule has 0 amide bonds. The van der Waals surface area contributed by atoms with Crippen LogP contribution in [0.15, 0.2) is 47.8 Å². The van der Waals surface area contributed by atoms with E-state index in [0.29, 0.717) is 22.7 Å². The van der Waals surface area contributed by atoms with Crippen molar-refractivity contribution in [3.05, 3.63) is 58.4 Å². The average Bonchev–Trinajstić information content (AvgIpc) is 2.53. The van der Waals surface area contributed by atoms with E-state index in [1.807, 2.05) is 18.2 Å². The zero-order chi connectivity index (χ0) is 19.1. The minimum absolute atomic E-state index is 0.0514. The van der Waals surface area contributed by atoms with Gasteiger partial charge in [0.15, 0.2) is 5.78 Å². The number of carbonyl (C=O) groups excluding carboxylic acids is 2. The molecule has 3 rings (SSSR count). The number of Topliss-reactive ketones (excluding diaryl/α,β-unsaturated/α-hetero) is 1. The molecule has 2 aliphatic rings. The van der Waals surface area contributed by atoms with E-state index in [0.717, 1.165) is 17.7 Å². The zero-order valence-corrected chi connectivity index (χ0v) is 16.2. The molecule has 1 N–H and O–H groups in total. The molecule has 0 saturated carbocycles. The summed E-state index contributed by atoms with van der Waals surface area (Å²) in [5.74, 6) is -1.50. The van der Waals surface area contributed by atoms with Crippen LogP contribution < -0.4 is 5.32 Å². The molecule has 0 spiro atoms. The highest BCUT2D eigenvalue weighted by atomic mass is 35.5. The first-order valence-corrected chi connectivity index (χ1v) is 9.26. The summed E-state index contributed by atoms with van der Waals surface area (Å²) < 4.78 is 5.28. The maximum atomic E-state index is 13.0. The van der Waals surface area contributed by atoms with Gasteiger partial charge in [-0.1, -0.05) is 50.2 Å². The summed E-state index contributed by atoms with van der Waals surface area (Å²) in [6, 6.07) is 7.35. The number of esters is 1. The van der Waals surface area contributed by atoms with Gasteiger partial charge < -0.3 is 10.1 Å². The molecule has 4 nitrogen and oxygen atoms in total. The standard InChI is InChI=1S/C21H24ClNO3/c1-5-26-20(25)17-12(2)23-15-10-21(3,4)11-16(24)19(15)18(17)13-8-6-7-9-14(13)22/h6-9,17-18,23H,2,5,10-11H2,1,3-4H3. The fourth-order valence-electron chi connectivity index (χ4n) is 4.02. The number of allylic oxidation sites excluding steroid dienone is 2. The van der Waals surface area contributed by atoms with Gasteiger partial charge in [-0.15, -0.1) is 0 Å². The third-order valence-corrected chi connectivity index (χ3v) is 5.38. The first kappa shape index (κ1) is 18.7. The molecule has 0 aromatic heterocycles. The van der Waals surface area contributed by atoms with Crippen molar-refractivity contribution in [2.24, 2.45) is 11.3 Å². The molecule has 138 valence electrons. The van der Waals surface area contributed by atoms with Gasteiger partial charge >= 0.3 is 5.97 Å². The summed E-state index contributed by atoms with van der Waals surface area (Å²) in [5.41, 5.74) is 2.67. The van der Waals surface area contributed by atoms with Crippen molar-refractivity contribution in [1.82, 2.24) is 5.32 Å². The minimum atomic E-state index is -0.682. The van der Waals surface area contributed by atoms with Crippen LogP contribution in [0.25, 0.3) is 0 Å². The number of halogens is 1. The molecule has 0 radical (unpaired) electrons. The Kier molecular flexibility index (Phi) is 4.98. The average molecular weight is 374 g/mol. The van der Waals surface area contributed by atoms with Gasteiger partial charge in [-0.3, -0.25) is 9.59 Å². The van der Waals surface area contributed by atoms with Gasteiger partial charge in [-0.25, -0.2) is 0 Å². The largest absolute Gasteiger partial charge is 0.465 e. The van der Waals surface area contributed by atoms with Crippen LogP contribution in [0.5, 0.6) is 0 Å². The second-order valence-corrected chi connectivity index (χ2v) is 8.12. The lowest BCUT2D eigenvalue weighted by Crippen LogP contribution is -2.43. The van der Waals surface area contributed by atoms with E-state index in [-0.39, 0.29) is 23.8 Å². The van der Waals surface area contributed by atoms with Crippen molar-refractivity contribution < 1.29 is 14.3 Å². The van der Waals surface area contributed by atoms with Gasteiger partial charge in [-0.2, -0.15) is 0 Å². The van der Waals surface area contributed by atoms with Gasteiger partial charge in [0.2, 0.25) is 0 Å². The fourth-order valence-corrected chi connectivity index (χ4v) is 4.27. The van der Waals surface area contributed by atoms with Crippen LogP contribution in [-0.2, 0) is 14.3 Å². The van der Waals surface area contributed by atoms with E-state index in [1.165, 1.54) is 0 Å². The fraction of sp³-hybridized carbons (Fsp3) is 0.429. The first-order valence-electron chi connectivity index (χ1n) is 8.88. The third-order valence-electron chi connectivity index (χ3n) is 5.03. The minimum Gasteiger partial charge on any atom is -0.465 e. The van der Waals surface area contributed by atoms with Gasteiger partial charge in [0, 0.05) is 34.3 Å². The normalized spacial score (nSPS) is 24.8. The number of ether oxygens (including phenoxy) is 1. The zero-order valence-electron chi connectivity index (χ0n) is 15.4. The van der Waals surface area contributed by atoms with Gasteiger partial charge in [-0.05, 0) is 30.4 Å². The van der Waals surface area contributed by atoms with E-state index in [9.17, 15) is 9.59 Å². The molecule has 1 heterocycles. The number of rotatable bonds is 3. The summed E-state index contributed by atoms with van der Waals surface area (Å²) in [7, 11) is 0. The van der Waals surface area contributed by atoms with Crippen LogP contribution >= 0.6 is 11.6 Å². The highest BCUT2D eigenvalue weighted by Gasteiger charge is 2.47. The lowest BCUT2D eigenvalue weighted by molar-refractivity contribution is -0.147. The van der Waals surface area contributed by atoms with Crippen molar-refractivity contribution in [3.63, 3.8) is 0 Å². The van der Waals surface area contributed by atoms with E-state index < -0.39 is 11.8 Å². The lowest BCUT2D eigenvalue weighted by atomic mass is 9.66. The molecular formula is C21H24ClNO3. The first-order chi connectivity index (χ1) is 12.2. The lowest BCUT2D eigenvalue weighted by Gasteiger charge is -2.42. The predicted molar refractivity (Wildman–Crippen MR) is 102 cm³/mol. The van der Waals surface area contributed by atoms with Crippen molar-refractivity contribution in [1.29, 1.82) is 0 Å². The Morgan fingerprint density at radius 1 is 1.35 bits per heavy atom. The van der Waals surface area contributed by atoms with Crippen molar-refractivity contribution in [2.45, 2.75) is 39.5 Å². The van der Waals surface area contributed by atoms with Gasteiger partial charge in [0.25, 0.3) is 0 Å². The Balaban J connectivity index is 2.19. The van der Waals surface area contributed by atoms with Crippen molar-refractivity contribution in [2.75, 3.05) is 6.61 Å².